The van der Waals surface area contributed by atoms with E-state index in [-0.39, 0.29) is 23.6 Å². The van der Waals surface area contributed by atoms with Crippen LogP contribution in [0.1, 0.15) is 103 Å². The summed E-state index contributed by atoms with van der Waals surface area (Å²) in [5.41, 5.74) is 1.41. The average molecular weight is 534 g/mol. The van der Waals surface area contributed by atoms with Crippen molar-refractivity contribution in [3.63, 3.8) is 0 Å². The van der Waals surface area contributed by atoms with Crippen LogP contribution in [0.2, 0.25) is 0 Å². The summed E-state index contributed by atoms with van der Waals surface area (Å²) in [5.74, 6) is -0.488. The molecule has 0 heterocycles. The van der Waals surface area contributed by atoms with Crippen molar-refractivity contribution in [2.24, 2.45) is 0 Å². The summed E-state index contributed by atoms with van der Waals surface area (Å²) in [6.07, 6.45) is 5.16. The maximum absolute atomic E-state index is 14.2. The lowest BCUT2D eigenvalue weighted by molar-refractivity contribution is -0.149. The molecule has 0 bridgehead atoms. The second kappa shape index (κ2) is 13.0. The Morgan fingerprint density at radius 2 is 1.70 bits per heavy atom. The Hall–Kier alpha value is -2.22. The van der Waals surface area contributed by atoms with E-state index in [9.17, 15) is 14.4 Å². The summed E-state index contributed by atoms with van der Waals surface area (Å²) in [6, 6.07) is 4.23. The van der Waals surface area contributed by atoms with Crippen molar-refractivity contribution in [2.45, 2.75) is 123 Å². The van der Waals surface area contributed by atoms with Crippen molar-refractivity contribution in [3.8, 4) is 0 Å². The number of nitrogens with one attached hydrogen (secondary N) is 2. The lowest BCUT2D eigenvalue weighted by Gasteiger charge is -2.45. The SMILES string of the molecule is CCC(C)(C)N(C(=O)C(CS)NC(=O)OC(C)(C)C)C(C(=O)NC1CCCCC1)c1ccc(C)cc1C. The van der Waals surface area contributed by atoms with Crippen molar-refractivity contribution in [3.05, 3.63) is 34.9 Å². The minimum atomic E-state index is -0.959. The van der Waals surface area contributed by atoms with Gasteiger partial charge in [0, 0.05) is 17.3 Å². The van der Waals surface area contributed by atoms with Gasteiger partial charge in [-0.3, -0.25) is 9.59 Å². The van der Waals surface area contributed by atoms with E-state index in [4.69, 9.17) is 4.74 Å². The smallest absolute Gasteiger partial charge is 0.408 e. The van der Waals surface area contributed by atoms with Crippen LogP contribution in [0.3, 0.4) is 0 Å². The van der Waals surface area contributed by atoms with Crippen molar-refractivity contribution < 1.29 is 19.1 Å². The number of alkyl carbamates (subject to hydrolysis) is 1. The molecule has 0 radical (unpaired) electrons. The molecule has 1 aliphatic rings. The van der Waals surface area contributed by atoms with Gasteiger partial charge >= 0.3 is 6.09 Å². The topological polar surface area (TPSA) is 87.7 Å². The zero-order valence-electron chi connectivity index (χ0n) is 23.9. The Bertz CT molecular complexity index is 951. The number of benzene rings is 1. The van der Waals surface area contributed by atoms with E-state index in [1.54, 1.807) is 25.7 Å². The molecule has 1 saturated carbocycles. The van der Waals surface area contributed by atoms with Crippen LogP contribution in [0.25, 0.3) is 0 Å². The number of carbonyl (C=O) groups is 3. The monoisotopic (exact) mass is 533 g/mol. The van der Waals surface area contributed by atoms with Crippen LogP contribution in [0.5, 0.6) is 0 Å². The van der Waals surface area contributed by atoms with Crippen molar-refractivity contribution in [1.82, 2.24) is 15.5 Å². The highest BCUT2D eigenvalue weighted by molar-refractivity contribution is 7.80. The first-order valence-electron chi connectivity index (χ1n) is 13.5. The second-order valence-corrected chi connectivity index (χ2v) is 12.2. The predicted molar refractivity (Wildman–Crippen MR) is 152 cm³/mol. The van der Waals surface area contributed by atoms with Gasteiger partial charge in [0.25, 0.3) is 0 Å². The molecule has 2 unspecified atom stereocenters. The summed E-state index contributed by atoms with van der Waals surface area (Å²) in [5, 5.41) is 5.95. The molecule has 0 spiro atoms. The first kappa shape index (κ1) is 31.0. The highest BCUT2D eigenvalue weighted by Crippen LogP contribution is 2.34. The fourth-order valence-corrected chi connectivity index (χ4v) is 5.05. The van der Waals surface area contributed by atoms with E-state index in [0.29, 0.717) is 6.42 Å². The minimum Gasteiger partial charge on any atom is -0.444 e. The molecular formula is C29H47N3O4S. The van der Waals surface area contributed by atoms with Crippen LogP contribution in [-0.2, 0) is 14.3 Å². The van der Waals surface area contributed by atoms with Gasteiger partial charge in [0.15, 0.2) is 0 Å². The fraction of sp³-hybridized carbons (Fsp3) is 0.690. The Morgan fingerprint density at radius 3 is 2.22 bits per heavy atom. The maximum atomic E-state index is 14.2. The molecule has 37 heavy (non-hydrogen) atoms. The number of hydrogen-bond donors (Lipinski definition) is 3. The molecule has 1 aromatic rings. The van der Waals surface area contributed by atoms with Crippen molar-refractivity contribution >= 4 is 30.5 Å². The van der Waals surface area contributed by atoms with Gasteiger partial charge in [-0.2, -0.15) is 12.6 Å². The Kier molecular flexibility index (Phi) is 10.9. The summed E-state index contributed by atoms with van der Waals surface area (Å²) < 4.78 is 5.40. The van der Waals surface area contributed by atoms with E-state index in [2.05, 4.69) is 23.3 Å². The van der Waals surface area contributed by atoms with Gasteiger partial charge in [-0.25, -0.2) is 4.79 Å². The summed E-state index contributed by atoms with van der Waals surface area (Å²) in [4.78, 5) is 42.5. The second-order valence-electron chi connectivity index (χ2n) is 11.9. The molecule has 1 aliphatic carbocycles. The van der Waals surface area contributed by atoms with Gasteiger partial charge in [0.2, 0.25) is 11.8 Å². The molecule has 1 fully saturated rings. The third kappa shape index (κ3) is 8.66. The van der Waals surface area contributed by atoms with E-state index >= 15 is 0 Å². The van der Waals surface area contributed by atoms with Crippen LogP contribution in [0.4, 0.5) is 4.79 Å². The number of hydrogen-bond acceptors (Lipinski definition) is 5. The standard InChI is InChI=1S/C29H47N3O4S/c1-9-29(7,8)32(26(34)23(18-37)31-27(35)36-28(4,5)6)24(22-16-15-19(2)17-20(22)3)25(33)30-21-13-11-10-12-14-21/h15-17,21,23-24,37H,9-14,18H2,1-8H3,(H,30,33)(H,31,35). The number of thiol groups is 1. The highest BCUT2D eigenvalue weighted by atomic mass is 32.1. The normalized spacial score (nSPS) is 16.5. The maximum Gasteiger partial charge on any atom is 0.408 e. The number of nitrogens with zero attached hydrogens (tertiary/aromatic N) is 1. The lowest BCUT2D eigenvalue weighted by Crippen LogP contribution is -2.60. The van der Waals surface area contributed by atoms with Gasteiger partial charge < -0.3 is 20.3 Å². The number of rotatable bonds is 9. The molecule has 7 nitrogen and oxygen atoms in total. The van der Waals surface area contributed by atoms with Gasteiger partial charge in [-0.1, -0.05) is 49.9 Å². The zero-order chi connectivity index (χ0) is 28.0. The molecule has 0 aromatic heterocycles. The molecule has 3 amide bonds. The van der Waals surface area contributed by atoms with Crippen LogP contribution < -0.4 is 10.6 Å². The molecule has 208 valence electrons. The fourth-order valence-electron chi connectivity index (χ4n) is 4.81. The third-order valence-electron chi connectivity index (χ3n) is 7.10. The molecule has 2 atom stereocenters. The van der Waals surface area contributed by atoms with Crippen molar-refractivity contribution in [1.29, 1.82) is 0 Å². The Balaban J connectivity index is 2.55. The third-order valence-corrected chi connectivity index (χ3v) is 7.47. The molecule has 0 aliphatic heterocycles. The summed E-state index contributed by atoms with van der Waals surface area (Å²) >= 11 is 4.39. The Morgan fingerprint density at radius 1 is 1.08 bits per heavy atom. The van der Waals surface area contributed by atoms with Crippen LogP contribution in [0, 0.1) is 13.8 Å². The van der Waals surface area contributed by atoms with Gasteiger partial charge in [-0.15, -0.1) is 0 Å². The van der Waals surface area contributed by atoms with E-state index in [0.717, 1.165) is 42.4 Å². The number of carbonyl (C=O) groups excluding carboxylic acids is 3. The molecule has 0 saturated heterocycles. The molecule has 1 aromatic carbocycles. The number of ether oxygens (including phenoxy) is 1. The first-order valence-corrected chi connectivity index (χ1v) is 14.1. The lowest BCUT2D eigenvalue weighted by atomic mass is 9.89. The number of amides is 3. The quantitative estimate of drug-likeness (QED) is 0.359. The van der Waals surface area contributed by atoms with Crippen LogP contribution >= 0.6 is 12.6 Å². The van der Waals surface area contributed by atoms with Gasteiger partial charge in [-0.05, 0) is 78.9 Å². The molecule has 2 rings (SSSR count). The van der Waals surface area contributed by atoms with Crippen molar-refractivity contribution in [2.75, 3.05) is 5.75 Å². The summed E-state index contributed by atoms with van der Waals surface area (Å²) in [6.45, 7) is 15.2. The molecule has 8 heteroatoms. The largest absolute Gasteiger partial charge is 0.444 e. The van der Waals surface area contributed by atoms with Crippen LogP contribution in [0.15, 0.2) is 18.2 Å². The Labute approximate surface area is 228 Å². The zero-order valence-corrected chi connectivity index (χ0v) is 24.8. The highest BCUT2D eigenvalue weighted by Gasteiger charge is 2.43. The minimum absolute atomic E-state index is 0.0677. The predicted octanol–water partition coefficient (Wildman–Crippen LogP) is 5.63. The van der Waals surface area contributed by atoms with Crippen LogP contribution in [-0.4, -0.2) is 51.8 Å². The van der Waals surface area contributed by atoms with Gasteiger partial charge in [0.1, 0.15) is 17.7 Å². The van der Waals surface area contributed by atoms with E-state index < -0.39 is 29.3 Å². The van der Waals surface area contributed by atoms with Gasteiger partial charge in [0.05, 0.1) is 0 Å². The number of aryl methyl sites for hydroxylation is 2. The van der Waals surface area contributed by atoms with E-state index in [1.807, 2.05) is 52.8 Å². The summed E-state index contributed by atoms with van der Waals surface area (Å²) in [7, 11) is 0. The van der Waals surface area contributed by atoms with E-state index in [1.165, 1.54) is 6.42 Å². The first-order chi connectivity index (χ1) is 17.2. The molecule has 2 N–H and O–H groups in total. The molecular weight excluding hydrogens is 486 g/mol. The average Bonchev–Trinajstić information content (AvgIpc) is 2.80.